The number of hydrogen-bond donors (Lipinski definition) is 0. The molecule has 1 saturated heterocycles. The molecule has 11 heteroatoms. The van der Waals surface area contributed by atoms with E-state index in [1.54, 1.807) is 18.9 Å². The van der Waals surface area contributed by atoms with E-state index in [0.29, 0.717) is 29.3 Å². The number of rotatable bonds is 5. The van der Waals surface area contributed by atoms with Gasteiger partial charge in [-0.2, -0.15) is 18.0 Å². The lowest BCUT2D eigenvalue weighted by Gasteiger charge is -2.34. The first-order chi connectivity index (χ1) is 16.1. The van der Waals surface area contributed by atoms with Crippen molar-refractivity contribution in [2.24, 2.45) is 9.98 Å². The van der Waals surface area contributed by atoms with Crippen LogP contribution in [0, 0.1) is 6.92 Å². The predicted octanol–water partition coefficient (Wildman–Crippen LogP) is 3.95. The van der Waals surface area contributed by atoms with E-state index >= 15 is 0 Å². The van der Waals surface area contributed by atoms with E-state index in [4.69, 9.17) is 0 Å². The highest BCUT2D eigenvalue weighted by Crippen LogP contribution is 2.31. The fourth-order valence-electron chi connectivity index (χ4n) is 3.85. The first-order valence-electron chi connectivity index (χ1n) is 11.0. The van der Waals surface area contributed by atoms with E-state index in [-0.39, 0.29) is 18.5 Å². The number of nitrogens with zero attached hydrogens (tertiary/aromatic N) is 7. The molecule has 0 bridgehead atoms. The summed E-state index contributed by atoms with van der Waals surface area (Å²) < 4.78 is 39.9. The Labute approximate surface area is 196 Å². The number of carbonyl (C=O) groups is 1. The van der Waals surface area contributed by atoms with Crippen LogP contribution in [0.2, 0.25) is 0 Å². The molecule has 1 aliphatic rings. The number of amides is 1. The molecular weight excluding hydrogens is 447 g/mol. The maximum absolute atomic E-state index is 13.3. The maximum atomic E-state index is 13.3. The van der Waals surface area contributed by atoms with Crippen molar-refractivity contribution in [2.45, 2.75) is 58.8 Å². The average Bonchev–Trinajstić information content (AvgIpc) is 3.20. The van der Waals surface area contributed by atoms with Crippen LogP contribution in [0.4, 0.5) is 13.2 Å². The zero-order valence-electron chi connectivity index (χ0n) is 19.7. The summed E-state index contributed by atoms with van der Waals surface area (Å²) in [7, 11) is 1.66. The minimum absolute atomic E-state index is 0.0118. The summed E-state index contributed by atoms with van der Waals surface area (Å²) in [5, 5.41) is 11.7. The van der Waals surface area contributed by atoms with Crippen LogP contribution in [0.3, 0.4) is 0 Å². The van der Waals surface area contributed by atoms with Gasteiger partial charge >= 0.3 is 6.18 Å². The number of amidine groups is 1. The van der Waals surface area contributed by atoms with E-state index in [2.05, 4.69) is 25.4 Å². The Morgan fingerprint density at radius 1 is 1.26 bits per heavy atom. The molecule has 1 aromatic carbocycles. The third-order valence-corrected chi connectivity index (χ3v) is 5.39. The third-order valence-electron chi connectivity index (χ3n) is 5.39. The van der Waals surface area contributed by atoms with Gasteiger partial charge in [0.05, 0.1) is 18.2 Å². The Balaban J connectivity index is 1.89. The van der Waals surface area contributed by atoms with Crippen LogP contribution >= 0.6 is 0 Å². The van der Waals surface area contributed by atoms with Gasteiger partial charge in [0.1, 0.15) is 5.84 Å². The molecule has 0 radical (unpaired) electrons. The Bertz CT molecular complexity index is 1110. The molecule has 8 nitrogen and oxygen atoms in total. The van der Waals surface area contributed by atoms with Crippen molar-refractivity contribution in [1.82, 2.24) is 25.1 Å². The van der Waals surface area contributed by atoms with Crippen molar-refractivity contribution in [3.63, 3.8) is 0 Å². The van der Waals surface area contributed by atoms with Crippen molar-refractivity contribution >= 4 is 23.5 Å². The highest BCUT2D eigenvalue weighted by Gasteiger charge is 2.31. The van der Waals surface area contributed by atoms with Crippen molar-refractivity contribution in [2.75, 3.05) is 13.6 Å². The molecule has 2 heterocycles. The second-order valence-electron chi connectivity index (χ2n) is 8.30. The Hall–Kier alpha value is -3.37. The zero-order chi connectivity index (χ0) is 24.9. The number of carbonyl (C=O) groups excluding carboxylic acids is 1. The third kappa shape index (κ3) is 6.36. The van der Waals surface area contributed by atoms with Crippen molar-refractivity contribution < 1.29 is 18.0 Å². The molecule has 3 rings (SSSR count). The number of hydrogen-bond acceptors (Lipinski definition) is 5. The van der Waals surface area contributed by atoms with Gasteiger partial charge in [0.15, 0.2) is 5.82 Å². The topological polar surface area (TPSA) is 88.6 Å². The fraction of sp³-hybridized carbons (Fsp3) is 0.478. The largest absolute Gasteiger partial charge is 0.416 e. The van der Waals surface area contributed by atoms with Crippen LogP contribution in [0.25, 0.3) is 6.08 Å². The van der Waals surface area contributed by atoms with Crippen LogP contribution < -0.4 is 0 Å². The SMILES string of the molecule is C/N=C(\N=C(C)C)C1CCCCN1C(=O)/C=C/c1ccc(C(F)(F)F)cc1Cn1nnc(C)n1. The Morgan fingerprint density at radius 3 is 2.65 bits per heavy atom. The molecule has 0 aliphatic carbocycles. The molecule has 1 aliphatic heterocycles. The molecule has 1 aromatic heterocycles. The van der Waals surface area contributed by atoms with Crippen LogP contribution in [0.1, 0.15) is 55.6 Å². The van der Waals surface area contributed by atoms with E-state index in [1.807, 2.05) is 13.8 Å². The quantitative estimate of drug-likeness (QED) is 0.372. The maximum Gasteiger partial charge on any atom is 0.416 e. The second-order valence-corrected chi connectivity index (χ2v) is 8.30. The van der Waals surface area contributed by atoms with Gasteiger partial charge in [0.25, 0.3) is 0 Å². The summed E-state index contributed by atoms with van der Waals surface area (Å²) in [6, 6.07) is 3.16. The van der Waals surface area contributed by atoms with Gasteiger partial charge in [-0.25, -0.2) is 4.99 Å². The summed E-state index contributed by atoms with van der Waals surface area (Å²) in [5.74, 6) is 0.772. The zero-order valence-corrected chi connectivity index (χ0v) is 19.7. The number of alkyl halides is 3. The molecule has 1 amide bonds. The number of aromatic nitrogens is 4. The average molecular weight is 476 g/mol. The molecule has 0 N–H and O–H groups in total. The van der Waals surface area contributed by atoms with Gasteiger partial charge < -0.3 is 4.90 Å². The lowest BCUT2D eigenvalue weighted by Crippen LogP contribution is -2.47. The molecule has 1 atom stereocenters. The monoisotopic (exact) mass is 475 g/mol. The number of aryl methyl sites for hydroxylation is 1. The van der Waals surface area contributed by atoms with Gasteiger partial charge in [-0.1, -0.05) is 6.07 Å². The molecule has 0 saturated carbocycles. The summed E-state index contributed by atoms with van der Waals surface area (Å²) in [4.78, 5) is 24.8. The number of aliphatic imine (C=N–C) groups is 2. The highest BCUT2D eigenvalue weighted by atomic mass is 19.4. The molecule has 2 aromatic rings. The standard InChI is InChI=1S/C23H28F3N7O/c1-15(2)28-22(27-4)20-7-5-6-12-32(20)21(34)11-9-17-8-10-19(23(24,25)26)13-18(17)14-33-30-16(3)29-31-33/h8-11,13,20H,5-7,12,14H2,1-4H3/b11-9+,27-22-. The minimum Gasteiger partial charge on any atom is -0.329 e. The predicted molar refractivity (Wildman–Crippen MR) is 124 cm³/mol. The smallest absolute Gasteiger partial charge is 0.329 e. The van der Waals surface area contributed by atoms with Gasteiger partial charge in [-0.05, 0) is 74.6 Å². The number of likely N-dealkylation sites (tertiary alicyclic amines) is 1. The fourth-order valence-corrected chi connectivity index (χ4v) is 3.85. The molecule has 182 valence electrons. The normalized spacial score (nSPS) is 17.3. The molecule has 0 spiro atoms. The Kier molecular flexibility index (Phi) is 7.95. The van der Waals surface area contributed by atoms with Gasteiger partial charge in [-0.15, -0.1) is 10.2 Å². The molecule has 1 fully saturated rings. The minimum atomic E-state index is -4.49. The number of tetrazole rings is 1. The number of benzene rings is 1. The molecular formula is C23H28F3N7O. The second kappa shape index (κ2) is 10.7. The summed E-state index contributed by atoms with van der Waals surface area (Å²) in [6.07, 6.45) is 1.01. The summed E-state index contributed by atoms with van der Waals surface area (Å²) in [6.45, 7) is 5.94. The molecule has 1 unspecified atom stereocenters. The van der Waals surface area contributed by atoms with Gasteiger partial charge in [0.2, 0.25) is 5.91 Å². The summed E-state index contributed by atoms with van der Waals surface area (Å²) in [5.41, 5.74) is 0.862. The van der Waals surface area contributed by atoms with Gasteiger partial charge in [-0.3, -0.25) is 9.79 Å². The van der Waals surface area contributed by atoms with Crippen LogP contribution in [-0.2, 0) is 17.5 Å². The van der Waals surface area contributed by atoms with E-state index in [1.165, 1.54) is 23.0 Å². The Morgan fingerprint density at radius 2 is 2.03 bits per heavy atom. The summed E-state index contributed by atoms with van der Waals surface area (Å²) >= 11 is 0. The van der Waals surface area contributed by atoms with Crippen LogP contribution in [0.15, 0.2) is 34.3 Å². The lowest BCUT2D eigenvalue weighted by molar-refractivity contribution is -0.137. The van der Waals surface area contributed by atoms with Crippen molar-refractivity contribution in [3.8, 4) is 0 Å². The van der Waals surface area contributed by atoms with E-state index in [9.17, 15) is 18.0 Å². The van der Waals surface area contributed by atoms with Crippen LogP contribution in [-0.4, -0.2) is 62.2 Å². The molecule has 34 heavy (non-hydrogen) atoms. The number of halogens is 3. The number of piperidine rings is 1. The van der Waals surface area contributed by atoms with E-state index < -0.39 is 11.7 Å². The highest BCUT2D eigenvalue weighted by molar-refractivity contribution is 6.02. The first kappa shape index (κ1) is 25.3. The lowest BCUT2D eigenvalue weighted by atomic mass is 10.00. The van der Waals surface area contributed by atoms with Gasteiger partial charge in [0, 0.05) is 25.4 Å². The van der Waals surface area contributed by atoms with Crippen molar-refractivity contribution in [3.05, 3.63) is 46.8 Å². The van der Waals surface area contributed by atoms with Crippen molar-refractivity contribution in [1.29, 1.82) is 0 Å². The first-order valence-corrected chi connectivity index (χ1v) is 11.0. The van der Waals surface area contributed by atoms with E-state index in [0.717, 1.165) is 37.1 Å². The van der Waals surface area contributed by atoms with Crippen LogP contribution in [0.5, 0.6) is 0 Å².